The highest BCUT2D eigenvalue weighted by Crippen LogP contribution is 2.35. The summed E-state index contributed by atoms with van der Waals surface area (Å²) in [5.41, 5.74) is 1.30. The molecule has 6 heteroatoms. The average molecular weight is 421 g/mol. The lowest BCUT2D eigenvalue weighted by Gasteiger charge is -2.08. The Hall–Kier alpha value is -2.31. The van der Waals surface area contributed by atoms with Crippen LogP contribution in [0.25, 0.3) is 6.08 Å². The van der Waals surface area contributed by atoms with Crippen LogP contribution in [-0.4, -0.2) is 37.8 Å². The number of rotatable bonds is 9. The van der Waals surface area contributed by atoms with Crippen molar-refractivity contribution >= 4 is 27.8 Å². The Kier molecular flexibility index (Phi) is 7.69. The van der Waals surface area contributed by atoms with E-state index in [2.05, 4.69) is 15.9 Å². The first-order chi connectivity index (χ1) is 12.5. The van der Waals surface area contributed by atoms with Gasteiger partial charge in [0.05, 0.1) is 17.7 Å². The van der Waals surface area contributed by atoms with Crippen molar-refractivity contribution in [2.45, 2.75) is 6.92 Å². The molecule has 0 fully saturated rings. The van der Waals surface area contributed by atoms with Crippen molar-refractivity contribution in [2.75, 3.05) is 26.9 Å². The van der Waals surface area contributed by atoms with Gasteiger partial charge in [-0.15, -0.1) is 0 Å². The molecule has 0 saturated heterocycles. The fourth-order valence-corrected chi connectivity index (χ4v) is 2.64. The summed E-state index contributed by atoms with van der Waals surface area (Å²) in [6, 6.07) is 10.3. The Morgan fingerprint density at radius 1 is 1.15 bits per heavy atom. The lowest BCUT2D eigenvalue weighted by Crippen LogP contribution is -2.04. The fraction of sp³-hybridized carbons (Fsp3) is 0.250. The molecule has 0 unspecified atom stereocenters. The summed E-state index contributed by atoms with van der Waals surface area (Å²) in [4.78, 5) is 12.3. The van der Waals surface area contributed by atoms with Crippen LogP contribution in [0.3, 0.4) is 0 Å². The van der Waals surface area contributed by atoms with E-state index in [4.69, 9.17) is 14.2 Å². The first-order valence-electron chi connectivity index (χ1n) is 8.14. The van der Waals surface area contributed by atoms with Crippen LogP contribution in [0.15, 0.2) is 46.9 Å². The van der Waals surface area contributed by atoms with E-state index in [1.807, 2.05) is 6.92 Å². The quantitative estimate of drug-likeness (QED) is 0.368. The molecule has 0 aliphatic heterocycles. The average Bonchev–Trinajstić information content (AvgIpc) is 2.64. The summed E-state index contributed by atoms with van der Waals surface area (Å²) in [6.45, 7) is 3.24. The first-order valence-corrected chi connectivity index (χ1v) is 8.94. The monoisotopic (exact) mass is 420 g/mol. The lowest BCUT2D eigenvalue weighted by molar-refractivity contribution is 0.104. The molecule has 0 aliphatic carbocycles. The number of halogens is 1. The number of allylic oxidation sites excluding steroid dienone is 1. The van der Waals surface area contributed by atoms with E-state index in [0.717, 1.165) is 5.56 Å². The molecule has 0 heterocycles. The molecule has 0 aliphatic rings. The van der Waals surface area contributed by atoms with Crippen LogP contribution in [-0.2, 0) is 4.74 Å². The Labute approximate surface area is 161 Å². The minimum Gasteiger partial charge on any atom is -0.503 e. The third kappa shape index (κ3) is 5.61. The number of benzene rings is 2. The van der Waals surface area contributed by atoms with Crippen molar-refractivity contribution in [2.24, 2.45) is 0 Å². The fourth-order valence-electron chi connectivity index (χ4n) is 2.18. The Balaban J connectivity index is 2.07. The molecule has 5 nitrogen and oxygen atoms in total. The Bertz CT molecular complexity index is 769. The SMILES string of the molecule is CCOc1cc(C=CC(=O)c2ccc(OCCOC)cc2)cc(Br)c1O. The molecule has 0 spiro atoms. The molecule has 26 heavy (non-hydrogen) atoms. The number of methoxy groups -OCH3 is 1. The summed E-state index contributed by atoms with van der Waals surface area (Å²) in [6.07, 6.45) is 3.16. The minimum atomic E-state index is -0.129. The standard InChI is InChI=1S/C20H21BrO5/c1-3-25-19-13-14(12-17(21)20(19)23)4-9-18(22)15-5-7-16(8-6-15)26-11-10-24-2/h4-9,12-13,23H,3,10-11H2,1-2H3. The van der Waals surface area contributed by atoms with E-state index >= 15 is 0 Å². The van der Waals surface area contributed by atoms with Gasteiger partial charge >= 0.3 is 0 Å². The highest BCUT2D eigenvalue weighted by Gasteiger charge is 2.08. The van der Waals surface area contributed by atoms with Crippen molar-refractivity contribution in [3.8, 4) is 17.2 Å². The number of ether oxygens (including phenoxy) is 3. The van der Waals surface area contributed by atoms with Gasteiger partial charge in [0.15, 0.2) is 17.3 Å². The van der Waals surface area contributed by atoms with E-state index in [0.29, 0.717) is 41.4 Å². The van der Waals surface area contributed by atoms with E-state index in [9.17, 15) is 9.90 Å². The van der Waals surface area contributed by atoms with Crippen LogP contribution in [0.5, 0.6) is 17.2 Å². The number of hydrogen-bond donors (Lipinski definition) is 1. The summed E-state index contributed by atoms with van der Waals surface area (Å²) in [7, 11) is 1.61. The third-order valence-corrected chi connectivity index (χ3v) is 4.08. The number of carbonyl (C=O) groups is 1. The Morgan fingerprint density at radius 3 is 2.54 bits per heavy atom. The van der Waals surface area contributed by atoms with Crippen LogP contribution in [0.4, 0.5) is 0 Å². The topological polar surface area (TPSA) is 65.0 Å². The number of hydrogen-bond acceptors (Lipinski definition) is 5. The molecule has 0 atom stereocenters. The molecule has 2 aromatic rings. The molecular formula is C20H21BrO5. The van der Waals surface area contributed by atoms with Gasteiger partial charge in [0, 0.05) is 12.7 Å². The number of phenolic OH excluding ortho intramolecular Hbond substituents is 1. The van der Waals surface area contributed by atoms with Gasteiger partial charge in [0.1, 0.15) is 12.4 Å². The maximum absolute atomic E-state index is 12.3. The summed E-state index contributed by atoms with van der Waals surface area (Å²) in [5, 5.41) is 9.93. The number of carbonyl (C=O) groups excluding carboxylic acids is 1. The minimum absolute atomic E-state index is 0.0411. The van der Waals surface area contributed by atoms with E-state index < -0.39 is 0 Å². The zero-order chi connectivity index (χ0) is 18.9. The molecule has 0 bridgehead atoms. The zero-order valence-corrected chi connectivity index (χ0v) is 16.3. The highest BCUT2D eigenvalue weighted by molar-refractivity contribution is 9.10. The van der Waals surface area contributed by atoms with Crippen molar-refractivity contribution in [1.29, 1.82) is 0 Å². The molecule has 1 N–H and O–H groups in total. The zero-order valence-electron chi connectivity index (χ0n) is 14.7. The molecule has 0 amide bonds. The van der Waals surface area contributed by atoms with Gasteiger partial charge in [0.2, 0.25) is 0 Å². The normalized spacial score (nSPS) is 10.9. The van der Waals surface area contributed by atoms with Gasteiger partial charge in [0.25, 0.3) is 0 Å². The van der Waals surface area contributed by atoms with E-state index in [1.54, 1.807) is 49.6 Å². The van der Waals surface area contributed by atoms with Gasteiger partial charge in [-0.2, -0.15) is 0 Å². The molecule has 0 saturated carbocycles. The summed E-state index contributed by atoms with van der Waals surface area (Å²) >= 11 is 3.28. The van der Waals surface area contributed by atoms with E-state index in [1.165, 1.54) is 6.08 Å². The molecule has 0 aromatic heterocycles. The maximum Gasteiger partial charge on any atom is 0.185 e. The predicted molar refractivity (Wildman–Crippen MR) is 104 cm³/mol. The van der Waals surface area contributed by atoms with Crippen LogP contribution in [0, 0.1) is 0 Å². The van der Waals surface area contributed by atoms with Crippen LogP contribution >= 0.6 is 15.9 Å². The van der Waals surface area contributed by atoms with Crippen molar-refractivity contribution in [1.82, 2.24) is 0 Å². The second-order valence-corrected chi connectivity index (χ2v) is 6.20. The Morgan fingerprint density at radius 2 is 1.88 bits per heavy atom. The van der Waals surface area contributed by atoms with Crippen molar-refractivity contribution in [3.63, 3.8) is 0 Å². The van der Waals surface area contributed by atoms with Crippen LogP contribution in [0.1, 0.15) is 22.8 Å². The van der Waals surface area contributed by atoms with Gasteiger partial charge < -0.3 is 19.3 Å². The predicted octanol–water partition coefficient (Wildman–Crippen LogP) is 4.47. The molecule has 2 rings (SSSR count). The molecule has 2 aromatic carbocycles. The smallest absolute Gasteiger partial charge is 0.185 e. The second kappa shape index (κ2) is 9.99. The summed E-state index contributed by atoms with van der Waals surface area (Å²) < 4.78 is 16.3. The van der Waals surface area contributed by atoms with Gasteiger partial charge in [-0.3, -0.25) is 4.79 Å². The van der Waals surface area contributed by atoms with Crippen molar-refractivity contribution in [3.05, 3.63) is 58.1 Å². The van der Waals surface area contributed by atoms with Crippen LogP contribution in [0.2, 0.25) is 0 Å². The van der Waals surface area contributed by atoms with Gasteiger partial charge in [-0.25, -0.2) is 0 Å². The van der Waals surface area contributed by atoms with Crippen molar-refractivity contribution < 1.29 is 24.1 Å². The maximum atomic E-state index is 12.3. The number of phenols is 1. The van der Waals surface area contributed by atoms with Gasteiger partial charge in [-0.1, -0.05) is 6.08 Å². The lowest BCUT2D eigenvalue weighted by atomic mass is 10.1. The number of aromatic hydroxyl groups is 1. The van der Waals surface area contributed by atoms with Gasteiger partial charge in [-0.05, 0) is 70.9 Å². The molecular weight excluding hydrogens is 400 g/mol. The van der Waals surface area contributed by atoms with Crippen LogP contribution < -0.4 is 9.47 Å². The third-order valence-electron chi connectivity index (χ3n) is 3.47. The first kappa shape index (κ1) is 20.0. The largest absolute Gasteiger partial charge is 0.503 e. The molecule has 138 valence electrons. The van der Waals surface area contributed by atoms with E-state index in [-0.39, 0.29) is 11.5 Å². The second-order valence-electron chi connectivity index (χ2n) is 5.35. The number of ketones is 1. The highest BCUT2D eigenvalue weighted by atomic mass is 79.9. The summed E-state index contributed by atoms with van der Waals surface area (Å²) in [5.74, 6) is 0.966. The molecule has 0 radical (unpaired) electrons.